The number of nitrogens with zero attached hydrogens (tertiary/aromatic N) is 4. The van der Waals surface area contributed by atoms with Crippen LogP contribution in [-0.4, -0.2) is 45.0 Å². The molecule has 0 radical (unpaired) electrons. The van der Waals surface area contributed by atoms with Gasteiger partial charge in [-0.15, -0.1) is 10.2 Å². The van der Waals surface area contributed by atoms with Crippen LogP contribution in [0.2, 0.25) is 0 Å². The summed E-state index contributed by atoms with van der Waals surface area (Å²) >= 11 is 1.74. The number of carbonyl (C=O) groups excluding carboxylic acids is 2. The zero-order valence-corrected chi connectivity index (χ0v) is 17.8. The molecule has 1 saturated heterocycles. The highest BCUT2D eigenvalue weighted by Gasteiger charge is 2.22. The average molecular weight is 424 g/mol. The summed E-state index contributed by atoms with van der Waals surface area (Å²) in [6.07, 6.45) is 6.53. The van der Waals surface area contributed by atoms with Crippen molar-refractivity contribution in [2.75, 3.05) is 23.5 Å². The molecule has 0 bridgehead atoms. The number of pyridine rings is 1. The molecule has 1 aliphatic rings. The standard InChI is InChI=1S/C22H25N5O2S/c1-30-14-11-18(22-25-24-19-5-2-3-12-27(19)22)23-20(28)15-16-7-9-17(10-8-16)26-13-4-6-21(26)29/h2-3,5,7-10,12,18H,4,6,11,13-15H2,1H3,(H,23,28). The summed E-state index contributed by atoms with van der Waals surface area (Å²) in [7, 11) is 0. The molecule has 1 N–H and O–H groups in total. The predicted molar refractivity (Wildman–Crippen MR) is 119 cm³/mol. The fourth-order valence-corrected chi connectivity index (χ4v) is 4.22. The van der Waals surface area contributed by atoms with Gasteiger partial charge in [0.25, 0.3) is 0 Å². The minimum absolute atomic E-state index is 0.0567. The monoisotopic (exact) mass is 423 g/mol. The highest BCUT2D eigenvalue weighted by Crippen LogP contribution is 2.22. The van der Waals surface area contributed by atoms with Gasteiger partial charge in [0.15, 0.2) is 11.5 Å². The van der Waals surface area contributed by atoms with Crippen molar-refractivity contribution in [3.8, 4) is 0 Å². The SMILES string of the molecule is CSCCC(NC(=O)Cc1ccc(N2CCCC2=O)cc1)c1nnc2ccccn12. The van der Waals surface area contributed by atoms with E-state index in [1.165, 1.54) is 0 Å². The molecule has 3 aromatic rings. The van der Waals surface area contributed by atoms with Crippen LogP contribution in [0.4, 0.5) is 5.69 Å². The number of hydrogen-bond acceptors (Lipinski definition) is 5. The number of amides is 2. The Bertz CT molecular complexity index is 1030. The number of rotatable bonds is 8. The fourth-order valence-electron chi connectivity index (χ4n) is 3.74. The van der Waals surface area contributed by atoms with E-state index in [9.17, 15) is 9.59 Å². The third-order valence-electron chi connectivity index (χ3n) is 5.28. The number of benzene rings is 1. The number of thioether (sulfide) groups is 1. The van der Waals surface area contributed by atoms with Gasteiger partial charge in [-0.3, -0.25) is 14.0 Å². The molecule has 4 rings (SSSR count). The minimum atomic E-state index is -0.205. The highest BCUT2D eigenvalue weighted by molar-refractivity contribution is 7.98. The van der Waals surface area contributed by atoms with Crippen LogP contribution in [0.5, 0.6) is 0 Å². The zero-order valence-electron chi connectivity index (χ0n) is 17.0. The lowest BCUT2D eigenvalue weighted by atomic mass is 10.1. The molecule has 0 aliphatic carbocycles. The van der Waals surface area contributed by atoms with Gasteiger partial charge in [0, 0.05) is 24.8 Å². The first kappa shape index (κ1) is 20.4. The number of fused-ring (bicyclic) bond motifs is 1. The van der Waals surface area contributed by atoms with Gasteiger partial charge in [-0.1, -0.05) is 18.2 Å². The normalized spacial score (nSPS) is 15.0. The van der Waals surface area contributed by atoms with Crippen molar-refractivity contribution in [1.29, 1.82) is 0 Å². The largest absolute Gasteiger partial charge is 0.346 e. The van der Waals surface area contributed by atoms with Crippen molar-refractivity contribution < 1.29 is 9.59 Å². The predicted octanol–water partition coefficient (Wildman–Crippen LogP) is 3.01. The first-order valence-electron chi connectivity index (χ1n) is 10.1. The van der Waals surface area contributed by atoms with E-state index in [4.69, 9.17) is 0 Å². The molecule has 1 aliphatic heterocycles. The van der Waals surface area contributed by atoms with Gasteiger partial charge >= 0.3 is 0 Å². The Morgan fingerprint density at radius 1 is 1.20 bits per heavy atom. The van der Waals surface area contributed by atoms with Crippen LogP contribution in [0.3, 0.4) is 0 Å². The van der Waals surface area contributed by atoms with Crippen LogP contribution in [0.1, 0.15) is 36.7 Å². The summed E-state index contributed by atoms with van der Waals surface area (Å²) in [6.45, 7) is 0.766. The van der Waals surface area contributed by atoms with Crippen LogP contribution in [-0.2, 0) is 16.0 Å². The number of hydrogen-bond donors (Lipinski definition) is 1. The van der Waals surface area contributed by atoms with Crippen molar-refractivity contribution >= 4 is 34.9 Å². The van der Waals surface area contributed by atoms with Crippen LogP contribution < -0.4 is 10.2 Å². The van der Waals surface area contributed by atoms with E-state index in [0.29, 0.717) is 6.42 Å². The molecule has 30 heavy (non-hydrogen) atoms. The van der Waals surface area contributed by atoms with E-state index in [1.807, 2.05) is 59.3 Å². The maximum Gasteiger partial charge on any atom is 0.227 e. The summed E-state index contributed by atoms with van der Waals surface area (Å²) in [5.41, 5.74) is 2.58. The van der Waals surface area contributed by atoms with E-state index in [0.717, 1.165) is 47.9 Å². The Hall–Kier alpha value is -2.87. The molecule has 7 nitrogen and oxygen atoms in total. The first-order valence-corrected chi connectivity index (χ1v) is 11.5. The molecule has 8 heteroatoms. The zero-order chi connectivity index (χ0) is 20.9. The number of aromatic nitrogens is 3. The molecule has 0 saturated carbocycles. The van der Waals surface area contributed by atoms with Crippen LogP contribution in [0.15, 0.2) is 48.7 Å². The number of nitrogens with one attached hydrogen (secondary N) is 1. The molecule has 0 spiro atoms. The van der Waals surface area contributed by atoms with Crippen molar-refractivity contribution in [2.45, 2.75) is 31.7 Å². The van der Waals surface area contributed by atoms with Crippen molar-refractivity contribution in [2.24, 2.45) is 0 Å². The molecule has 1 unspecified atom stereocenters. The summed E-state index contributed by atoms with van der Waals surface area (Å²) in [5.74, 6) is 1.76. The lowest BCUT2D eigenvalue weighted by molar-refractivity contribution is -0.121. The first-order chi connectivity index (χ1) is 14.7. The maximum absolute atomic E-state index is 12.8. The summed E-state index contributed by atoms with van der Waals surface area (Å²) < 4.78 is 1.92. The Morgan fingerprint density at radius 3 is 2.77 bits per heavy atom. The topological polar surface area (TPSA) is 79.6 Å². The molecule has 1 atom stereocenters. The second kappa shape index (κ2) is 9.30. The second-order valence-electron chi connectivity index (χ2n) is 7.38. The second-order valence-corrected chi connectivity index (χ2v) is 8.37. The Morgan fingerprint density at radius 2 is 2.03 bits per heavy atom. The smallest absolute Gasteiger partial charge is 0.227 e. The van der Waals surface area contributed by atoms with Gasteiger partial charge in [-0.05, 0) is 54.7 Å². The lowest BCUT2D eigenvalue weighted by Crippen LogP contribution is -2.31. The van der Waals surface area contributed by atoms with Gasteiger partial charge in [0.1, 0.15) is 0 Å². The van der Waals surface area contributed by atoms with E-state index in [1.54, 1.807) is 16.7 Å². The molecule has 2 amide bonds. The molecule has 1 fully saturated rings. The number of carbonyl (C=O) groups is 2. The average Bonchev–Trinajstić information content (AvgIpc) is 3.38. The molecule has 1 aromatic carbocycles. The van der Waals surface area contributed by atoms with E-state index < -0.39 is 0 Å². The van der Waals surface area contributed by atoms with E-state index >= 15 is 0 Å². The van der Waals surface area contributed by atoms with Crippen molar-refractivity contribution in [3.05, 3.63) is 60.0 Å². The van der Waals surface area contributed by atoms with Gasteiger partial charge in [0.2, 0.25) is 11.8 Å². The molecule has 3 heterocycles. The Labute approximate surface area is 179 Å². The molecule has 2 aromatic heterocycles. The summed E-state index contributed by atoms with van der Waals surface area (Å²) in [5, 5.41) is 11.7. The molecule has 156 valence electrons. The summed E-state index contributed by atoms with van der Waals surface area (Å²) in [4.78, 5) is 26.5. The Balaban J connectivity index is 1.44. The van der Waals surface area contributed by atoms with Gasteiger partial charge in [0.05, 0.1) is 12.5 Å². The quantitative estimate of drug-likeness (QED) is 0.603. The van der Waals surface area contributed by atoms with Crippen molar-refractivity contribution in [1.82, 2.24) is 19.9 Å². The maximum atomic E-state index is 12.8. The van der Waals surface area contributed by atoms with Crippen LogP contribution in [0, 0.1) is 0 Å². The number of anilines is 1. The fraction of sp³-hybridized carbons (Fsp3) is 0.364. The highest BCUT2D eigenvalue weighted by atomic mass is 32.2. The van der Waals surface area contributed by atoms with Crippen LogP contribution in [0.25, 0.3) is 5.65 Å². The molecular weight excluding hydrogens is 398 g/mol. The van der Waals surface area contributed by atoms with Crippen molar-refractivity contribution in [3.63, 3.8) is 0 Å². The van der Waals surface area contributed by atoms with Gasteiger partial charge < -0.3 is 10.2 Å². The lowest BCUT2D eigenvalue weighted by Gasteiger charge is -2.18. The van der Waals surface area contributed by atoms with Gasteiger partial charge in [-0.2, -0.15) is 11.8 Å². The third-order valence-corrected chi connectivity index (χ3v) is 5.93. The minimum Gasteiger partial charge on any atom is -0.346 e. The van der Waals surface area contributed by atoms with E-state index in [2.05, 4.69) is 15.5 Å². The Kier molecular flexibility index (Phi) is 6.32. The third kappa shape index (κ3) is 4.48. The van der Waals surface area contributed by atoms with Gasteiger partial charge in [-0.25, -0.2) is 0 Å². The summed E-state index contributed by atoms with van der Waals surface area (Å²) in [6, 6.07) is 13.2. The van der Waals surface area contributed by atoms with E-state index in [-0.39, 0.29) is 24.3 Å². The molecular formula is C22H25N5O2S. The van der Waals surface area contributed by atoms with Crippen LogP contribution >= 0.6 is 11.8 Å².